The first kappa shape index (κ1) is 19.7. The van der Waals surface area contributed by atoms with Gasteiger partial charge in [0.2, 0.25) is 0 Å². The second-order valence-electron chi connectivity index (χ2n) is 8.82. The molecule has 0 atom stereocenters. The van der Waals surface area contributed by atoms with E-state index in [1.165, 1.54) is 12.8 Å². The van der Waals surface area contributed by atoms with Gasteiger partial charge in [-0.15, -0.1) is 0 Å². The highest BCUT2D eigenvalue weighted by Gasteiger charge is 2.44. The lowest BCUT2D eigenvalue weighted by Crippen LogP contribution is -2.47. The minimum atomic E-state index is -0.130. The van der Waals surface area contributed by atoms with Gasteiger partial charge in [-0.25, -0.2) is 4.79 Å². The maximum Gasteiger partial charge on any atom is 0.321 e. The van der Waals surface area contributed by atoms with Gasteiger partial charge in [-0.3, -0.25) is 4.98 Å². The molecular formula is C24H27N5O2. The van der Waals surface area contributed by atoms with Crippen LogP contribution in [0.1, 0.15) is 43.5 Å². The zero-order chi connectivity index (χ0) is 21.3. The Hall–Kier alpha value is -3.22. The molecule has 1 N–H and O–H groups in total. The standard InChI is InChI=1S/C24H27N5O2/c1-17-4-2-3-5-20(17)26-23(30)29-14-10-24(11-15-29,16-18-6-7-18)22-27-21(31-28-22)19-8-12-25-13-9-19/h2-5,8-9,12-13,18H,6-7,10-11,14-16H2,1H3,(H,26,30). The first-order valence-electron chi connectivity index (χ1n) is 11.0. The Labute approximate surface area is 181 Å². The molecule has 160 valence electrons. The van der Waals surface area contributed by atoms with Crippen molar-refractivity contribution in [1.82, 2.24) is 20.0 Å². The maximum atomic E-state index is 12.9. The van der Waals surface area contributed by atoms with Crippen LogP contribution in [0.15, 0.2) is 53.3 Å². The Balaban J connectivity index is 1.31. The minimum absolute atomic E-state index is 0.0418. The number of piperidine rings is 1. The Morgan fingerprint density at radius 2 is 1.90 bits per heavy atom. The van der Waals surface area contributed by atoms with Gasteiger partial charge in [0.25, 0.3) is 5.89 Å². The van der Waals surface area contributed by atoms with Crippen molar-refractivity contribution >= 4 is 11.7 Å². The maximum absolute atomic E-state index is 12.9. The van der Waals surface area contributed by atoms with Crippen molar-refractivity contribution in [3.8, 4) is 11.5 Å². The van der Waals surface area contributed by atoms with E-state index < -0.39 is 0 Å². The predicted molar refractivity (Wildman–Crippen MR) is 118 cm³/mol. The molecule has 1 aliphatic carbocycles. The smallest absolute Gasteiger partial charge is 0.321 e. The van der Waals surface area contributed by atoms with E-state index in [4.69, 9.17) is 9.51 Å². The van der Waals surface area contributed by atoms with Crippen molar-refractivity contribution in [3.63, 3.8) is 0 Å². The van der Waals surface area contributed by atoms with Gasteiger partial charge in [-0.1, -0.05) is 36.2 Å². The summed E-state index contributed by atoms with van der Waals surface area (Å²) >= 11 is 0. The van der Waals surface area contributed by atoms with E-state index in [-0.39, 0.29) is 11.4 Å². The second-order valence-corrected chi connectivity index (χ2v) is 8.82. The minimum Gasteiger partial charge on any atom is -0.334 e. The summed E-state index contributed by atoms with van der Waals surface area (Å²) in [5.74, 6) is 2.05. The Kier molecular flexibility index (Phi) is 5.18. The number of hydrogen-bond acceptors (Lipinski definition) is 5. The number of likely N-dealkylation sites (tertiary alicyclic amines) is 1. The van der Waals surface area contributed by atoms with Crippen molar-refractivity contribution in [3.05, 3.63) is 60.2 Å². The molecule has 2 amide bonds. The summed E-state index contributed by atoms with van der Waals surface area (Å²) in [7, 11) is 0. The molecule has 0 bridgehead atoms. The van der Waals surface area contributed by atoms with Crippen LogP contribution in [0.3, 0.4) is 0 Å². The summed E-state index contributed by atoms with van der Waals surface area (Å²) in [6, 6.07) is 11.6. The van der Waals surface area contributed by atoms with E-state index in [1.54, 1.807) is 12.4 Å². The topological polar surface area (TPSA) is 84.2 Å². The van der Waals surface area contributed by atoms with E-state index >= 15 is 0 Å². The van der Waals surface area contributed by atoms with Crippen LogP contribution < -0.4 is 5.32 Å². The largest absolute Gasteiger partial charge is 0.334 e. The molecule has 31 heavy (non-hydrogen) atoms. The molecule has 7 heteroatoms. The quantitative estimate of drug-likeness (QED) is 0.644. The lowest BCUT2D eigenvalue weighted by atomic mass is 9.73. The van der Waals surface area contributed by atoms with Crippen LogP contribution >= 0.6 is 0 Å². The van der Waals surface area contributed by atoms with Crippen molar-refractivity contribution in [2.24, 2.45) is 5.92 Å². The molecule has 2 aromatic heterocycles. The molecule has 0 unspecified atom stereocenters. The Morgan fingerprint density at radius 1 is 1.16 bits per heavy atom. The third-order valence-electron chi connectivity index (χ3n) is 6.60. The molecular weight excluding hydrogens is 390 g/mol. The fourth-order valence-corrected chi connectivity index (χ4v) is 4.49. The van der Waals surface area contributed by atoms with Crippen LogP contribution in [0, 0.1) is 12.8 Å². The summed E-state index contributed by atoms with van der Waals surface area (Å²) < 4.78 is 5.62. The number of urea groups is 1. The number of carbonyl (C=O) groups is 1. The van der Waals surface area contributed by atoms with Crippen LogP contribution in [-0.2, 0) is 5.41 Å². The molecule has 7 nitrogen and oxygen atoms in total. The van der Waals surface area contributed by atoms with Crippen molar-refractivity contribution in [2.45, 2.75) is 44.4 Å². The molecule has 1 aromatic carbocycles. The molecule has 5 rings (SSSR count). The van der Waals surface area contributed by atoms with E-state index in [0.717, 1.165) is 47.8 Å². The molecule has 0 radical (unpaired) electrons. The van der Waals surface area contributed by atoms with Crippen LogP contribution in [0.4, 0.5) is 10.5 Å². The fourth-order valence-electron chi connectivity index (χ4n) is 4.49. The van der Waals surface area contributed by atoms with Crippen molar-refractivity contribution < 1.29 is 9.32 Å². The lowest BCUT2D eigenvalue weighted by Gasteiger charge is -2.40. The number of aromatic nitrogens is 3. The summed E-state index contributed by atoms with van der Waals surface area (Å²) in [5.41, 5.74) is 2.68. The number of nitrogens with zero attached hydrogens (tertiary/aromatic N) is 4. The SMILES string of the molecule is Cc1ccccc1NC(=O)N1CCC(CC2CC2)(c2noc(-c3ccncc3)n2)CC1. The van der Waals surface area contributed by atoms with Gasteiger partial charge >= 0.3 is 6.03 Å². The van der Waals surface area contributed by atoms with Crippen molar-refractivity contribution in [2.75, 3.05) is 18.4 Å². The third kappa shape index (κ3) is 4.17. The van der Waals surface area contributed by atoms with Gasteiger partial charge in [-0.2, -0.15) is 4.98 Å². The van der Waals surface area contributed by atoms with Gasteiger partial charge in [0.15, 0.2) is 5.82 Å². The van der Waals surface area contributed by atoms with Crippen molar-refractivity contribution in [1.29, 1.82) is 0 Å². The Bertz CT molecular complexity index is 1050. The van der Waals surface area contributed by atoms with E-state index in [1.807, 2.05) is 48.2 Å². The molecule has 3 aromatic rings. The van der Waals surface area contributed by atoms with Gasteiger partial charge in [0.1, 0.15) is 0 Å². The fraction of sp³-hybridized carbons (Fsp3) is 0.417. The van der Waals surface area contributed by atoms with Crippen LogP contribution in [0.2, 0.25) is 0 Å². The van der Waals surface area contributed by atoms with Gasteiger partial charge < -0.3 is 14.7 Å². The number of hydrogen-bond donors (Lipinski definition) is 1. The number of carbonyl (C=O) groups excluding carboxylic acids is 1. The number of pyridine rings is 1. The molecule has 2 aliphatic rings. The van der Waals surface area contributed by atoms with E-state index in [9.17, 15) is 4.79 Å². The summed E-state index contributed by atoms with van der Waals surface area (Å²) in [5, 5.41) is 7.45. The monoisotopic (exact) mass is 417 g/mol. The number of aryl methyl sites for hydroxylation is 1. The van der Waals surface area contributed by atoms with E-state index in [2.05, 4.69) is 15.5 Å². The molecule has 3 heterocycles. The predicted octanol–water partition coefficient (Wildman–Crippen LogP) is 4.81. The average Bonchev–Trinajstić information content (AvgIpc) is 3.46. The first-order valence-corrected chi connectivity index (χ1v) is 11.0. The third-order valence-corrected chi connectivity index (χ3v) is 6.60. The number of amides is 2. The van der Waals surface area contributed by atoms with Gasteiger partial charge in [0, 0.05) is 42.1 Å². The normalized spacial score (nSPS) is 18.0. The average molecular weight is 418 g/mol. The number of benzene rings is 1. The lowest BCUT2D eigenvalue weighted by molar-refractivity contribution is 0.153. The summed E-state index contributed by atoms with van der Waals surface area (Å²) in [6.07, 6.45) is 8.76. The highest BCUT2D eigenvalue weighted by Crippen LogP contribution is 2.46. The number of para-hydroxylation sites is 1. The molecule has 1 saturated carbocycles. The summed E-state index contributed by atoms with van der Waals surface area (Å²) in [4.78, 5) is 23.6. The number of anilines is 1. The van der Waals surface area contributed by atoms with Crippen LogP contribution in [0.5, 0.6) is 0 Å². The molecule has 1 saturated heterocycles. The second kappa shape index (κ2) is 8.13. The Morgan fingerprint density at radius 3 is 2.61 bits per heavy atom. The van der Waals surface area contributed by atoms with Crippen LogP contribution in [-0.4, -0.2) is 39.1 Å². The molecule has 0 spiro atoms. The number of nitrogens with one attached hydrogen (secondary N) is 1. The highest BCUT2D eigenvalue weighted by atomic mass is 16.5. The summed E-state index contributed by atoms with van der Waals surface area (Å²) in [6.45, 7) is 3.37. The number of rotatable bonds is 5. The molecule has 2 fully saturated rings. The zero-order valence-corrected chi connectivity index (χ0v) is 17.8. The van der Waals surface area contributed by atoms with Crippen LogP contribution in [0.25, 0.3) is 11.5 Å². The van der Waals surface area contributed by atoms with E-state index in [0.29, 0.717) is 19.0 Å². The zero-order valence-electron chi connectivity index (χ0n) is 17.8. The van der Waals surface area contributed by atoms with Gasteiger partial charge in [0.05, 0.1) is 0 Å². The van der Waals surface area contributed by atoms with Gasteiger partial charge in [-0.05, 0) is 55.9 Å². The highest BCUT2D eigenvalue weighted by molar-refractivity contribution is 5.90. The first-order chi connectivity index (χ1) is 15.1. The molecule has 1 aliphatic heterocycles.